The van der Waals surface area contributed by atoms with Crippen molar-refractivity contribution in [1.29, 1.82) is 5.26 Å². The summed E-state index contributed by atoms with van der Waals surface area (Å²) in [7, 11) is 0. The number of aromatic nitrogens is 3. The molecule has 0 N–H and O–H groups in total. The fourth-order valence-electron chi connectivity index (χ4n) is 2.46. The summed E-state index contributed by atoms with van der Waals surface area (Å²) >= 11 is 1.49. The molecule has 3 heterocycles. The largest absolute Gasteiger partial charge is 0.283 e. The van der Waals surface area contributed by atoms with Crippen molar-refractivity contribution < 1.29 is 0 Å². The zero-order chi connectivity index (χ0) is 17.3. The van der Waals surface area contributed by atoms with Crippen molar-refractivity contribution in [3.05, 3.63) is 52.1 Å². The summed E-state index contributed by atoms with van der Waals surface area (Å²) in [6, 6.07) is 5.83. The van der Waals surface area contributed by atoms with Crippen LogP contribution in [0.2, 0.25) is 0 Å². The summed E-state index contributed by atoms with van der Waals surface area (Å²) < 4.78 is 1.55. The molecule has 0 unspecified atom stereocenters. The molecule has 0 radical (unpaired) electrons. The van der Waals surface area contributed by atoms with Crippen molar-refractivity contribution in [1.82, 2.24) is 14.5 Å². The number of rotatable bonds is 1. The highest BCUT2D eigenvalue weighted by Gasteiger charge is 2.20. The predicted molar refractivity (Wildman–Crippen MR) is 95.0 cm³/mol. The molecule has 0 aliphatic carbocycles. The number of nitrogens with zero attached hydrogens (tertiary/aromatic N) is 4. The van der Waals surface area contributed by atoms with E-state index in [0.29, 0.717) is 23.0 Å². The maximum atomic E-state index is 12.7. The van der Waals surface area contributed by atoms with E-state index in [2.05, 4.69) is 30.7 Å². The molecule has 1 aliphatic heterocycles. The SMILES string of the molecule is CC(C)(C)c1ccc(-c2nc3n(c(=O)c2C#N)CC=CCS3)cn1. The Morgan fingerprint density at radius 3 is 2.71 bits per heavy atom. The van der Waals surface area contributed by atoms with Gasteiger partial charge in [-0.3, -0.25) is 14.3 Å². The van der Waals surface area contributed by atoms with Crippen LogP contribution in [0.5, 0.6) is 0 Å². The molecule has 0 fully saturated rings. The first-order chi connectivity index (χ1) is 11.4. The first kappa shape index (κ1) is 16.5. The van der Waals surface area contributed by atoms with E-state index in [1.807, 2.05) is 30.4 Å². The van der Waals surface area contributed by atoms with Gasteiger partial charge in [-0.25, -0.2) is 4.98 Å². The minimum Gasteiger partial charge on any atom is -0.283 e. The number of hydrogen-bond donors (Lipinski definition) is 0. The Hall–Kier alpha value is -2.39. The number of hydrogen-bond acceptors (Lipinski definition) is 5. The van der Waals surface area contributed by atoms with Gasteiger partial charge >= 0.3 is 0 Å². The molecule has 3 rings (SSSR count). The van der Waals surface area contributed by atoms with Crippen LogP contribution >= 0.6 is 11.8 Å². The van der Waals surface area contributed by atoms with Gasteiger partial charge in [-0.2, -0.15) is 5.26 Å². The summed E-state index contributed by atoms with van der Waals surface area (Å²) in [5, 5.41) is 10.1. The van der Waals surface area contributed by atoms with Gasteiger partial charge in [0.05, 0.1) is 5.69 Å². The van der Waals surface area contributed by atoms with Crippen LogP contribution < -0.4 is 5.56 Å². The van der Waals surface area contributed by atoms with Crippen LogP contribution in [0.25, 0.3) is 11.3 Å². The van der Waals surface area contributed by atoms with Crippen molar-refractivity contribution in [3.8, 4) is 17.3 Å². The molecule has 0 spiro atoms. The molecule has 5 nitrogen and oxygen atoms in total. The second kappa shape index (κ2) is 6.25. The van der Waals surface area contributed by atoms with E-state index in [1.54, 1.807) is 10.8 Å². The zero-order valence-electron chi connectivity index (χ0n) is 13.9. The maximum absolute atomic E-state index is 12.7. The van der Waals surface area contributed by atoms with E-state index in [9.17, 15) is 10.1 Å². The summed E-state index contributed by atoms with van der Waals surface area (Å²) in [6.45, 7) is 6.72. The molecule has 0 atom stereocenters. The molecular formula is C18H18N4OS. The van der Waals surface area contributed by atoms with E-state index in [4.69, 9.17) is 0 Å². The van der Waals surface area contributed by atoms with Crippen molar-refractivity contribution in [3.63, 3.8) is 0 Å². The molecule has 2 aromatic rings. The molecule has 122 valence electrons. The van der Waals surface area contributed by atoms with Crippen LogP contribution in [0, 0.1) is 11.3 Å². The van der Waals surface area contributed by atoms with Gasteiger partial charge in [-0.1, -0.05) is 44.7 Å². The lowest BCUT2D eigenvalue weighted by Crippen LogP contribution is -2.25. The van der Waals surface area contributed by atoms with E-state index < -0.39 is 0 Å². The average Bonchev–Trinajstić information content (AvgIpc) is 2.79. The highest BCUT2D eigenvalue weighted by molar-refractivity contribution is 7.99. The lowest BCUT2D eigenvalue weighted by Gasteiger charge is -2.18. The third-order valence-electron chi connectivity index (χ3n) is 3.81. The monoisotopic (exact) mass is 338 g/mol. The Morgan fingerprint density at radius 1 is 1.29 bits per heavy atom. The summed E-state index contributed by atoms with van der Waals surface area (Å²) in [5.74, 6) is 0.763. The second-order valence-electron chi connectivity index (χ2n) is 6.61. The highest BCUT2D eigenvalue weighted by Crippen LogP contribution is 2.26. The van der Waals surface area contributed by atoms with Gasteiger partial charge in [-0.15, -0.1) is 0 Å². The van der Waals surface area contributed by atoms with E-state index in [1.165, 1.54) is 11.8 Å². The number of nitriles is 1. The van der Waals surface area contributed by atoms with Crippen LogP contribution in [-0.2, 0) is 12.0 Å². The molecule has 0 aromatic carbocycles. The standard InChI is InChI=1S/C18H18N4OS/c1-18(2,3)14-7-6-12(11-20-14)15-13(10-19)16(23)22-8-4-5-9-24-17(22)21-15/h4-7,11H,8-9H2,1-3H3. The topological polar surface area (TPSA) is 71.6 Å². The van der Waals surface area contributed by atoms with Gasteiger partial charge in [-0.05, 0) is 12.1 Å². The Balaban J connectivity index is 2.15. The maximum Gasteiger partial charge on any atom is 0.273 e. The fraction of sp³-hybridized carbons (Fsp3) is 0.333. The minimum atomic E-state index is -0.295. The average molecular weight is 338 g/mol. The lowest BCUT2D eigenvalue weighted by atomic mass is 9.91. The molecule has 6 heteroatoms. The van der Waals surface area contributed by atoms with Crippen LogP contribution in [0.1, 0.15) is 32.0 Å². The summed E-state index contributed by atoms with van der Waals surface area (Å²) in [4.78, 5) is 21.7. The van der Waals surface area contributed by atoms with Gasteiger partial charge in [0.2, 0.25) is 0 Å². The van der Waals surface area contributed by atoms with Crippen molar-refractivity contribution in [2.75, 3.05) is 5.75 Å². The Kier molecular flexibility index (Phi) is 4.29. The van der Waals surface area contributed by atoms with Gasteiger partial charge in [0.25, 0.3) is 5.56 Å². The first-order valence-corrected chi connectivity index (χ1v) is 8.70. The Bertz CT molecular complexity index is 899. The normalized spacial score (nSPS) is 13.9. The number of fused-ring (bicyclic) bond motifs is 1. The molecule has 0 saturated carbocycles. The molecule has 0 saturated heterocycles. The van der Waals surface area contributed by atoms with Crippen molar-refractivity contribution in [2.45, 2.75) is 37.9 Å². The summed E-state index contributed by atoms with van der Waals surface area (Å²) in [6.07, 6.45) is 5.62. The Labute approximate surface area is 145 Å². The molecular weight excluding hydrogens is 320 g/mol. The lowest BCUT2D eigenvalue weighted by molar-refractivity contribution is 0.569. The quantitative estimate of drug-likeness (QED) is 0.590. The molecule has 24 heavy (non-hydrogen) atoms. The van der Waals surface area contributed by atoms with Gasteiger partial charge in [0.1, 0.15) is 11.6 Å². The van der Waals surface area contributed by atoms with E-state index in [-0.39, 0.29) is 16.5 Å². The van der Waals surface area contributed by atoms with Crippen LogP contribution in [0.4, 0.5) is 0 Å². The number of pyridine rings is 1. The number of allylic oxidation sites excluding steroid dienone is 1. The minimum absolute atomic E-state index is 0.0567. The van der Waals surface area contributed by atoms with Crippen molar-refractivity contribution in [2.24, 2.45) is 0 Å². The molecule has 1 aliphatic rings. The highest BCUT2D eigenvalue weighted by atomic mass is 32.2. The molecule has 0 amide bonds. The third-order valence-corrected chi connectivity index (χ3v) is 4.74. The first-order valence-electron chi connectivity index (χ1n) is 7.71. The second-order valence-corrected chi connectivity index (χ2v) is 7.60. The number of thioether (sulfide) groups is 1. The third kappa shape index (κ3) is 3.00. The van der Waals surface area contributed by atoms with E-state index in [0.717, 1.165) is 11.4 Å². The molecule has 0 bridgehead atoms. The predicted octanol–water partition coefficient (Wildman–Crippen LogP) is 3.14. The summed E-state index contributed by atoms with van der Waals surface area (Å²) in [5.41, 5.74) is 1.78. The van der Waals surface area contributed by atoms with Crippen LogP contribution in [0.15, 0.2) is 40.4 Å². The Morgan fingerprint density at radius 2 is 2.08 bits per heavy atom. The van der Waals surface area contributed by atoms with Gasteiger partial charge in [0.15, 0.2) is 5.16 Å². The van der Waals surface area contributed by atoms with Gasteiger partial charge in [0, 0.05) is 35.2 Å². The molecule has 2 aromatic heterocycles. The van der Waals surface area contributed by atoms with Crippen molar-refractivity contribution >= 4 is 11.8 Å². The van der Waals surface area contributed by atoms with Crippen LogP contribution in [-0.4, -0.2) is 20.3 Å². The van der Waals surface area contributed by atoms with Gasteiger partial charge < -0.3 is 0 Å². The fourth-order valence-corrected chi connectivity index (χ4v) is 3.31. The zero-order valence-corrected chi connectivity index (χ0v) is 14.7. The smallest absolute Gasteiger partial charge is 0.273 e. The van der Waals surface area contributed by atoms with E-state index >= 15 is 0 Å². The van der Waals surface area contributed by atoms with Crippen LogP contribution in [0.3, 0.4) is 0 Å².